The molecule has 0 atom stereocenters. The normalized spacial score (nSPS) is 22.6. The predicted octanol–water partition coefficient (Wildman–Crippen LogP) is 4.92. The van der Waals surface area contributed by atoms with Crippen LogP contribution in [0.5, 0.6) is 0 Å². The van der Waals surface area contributed by atoms with Crippen LogP contribution in [0, 0.1) is 5.92 Å². The van der Waals surface area contributed by atoms with Crippen LogP contribution in [0.3, 0.4) is 0 Å². The average molecular weight is 285 g/mol. The molecular weight excluding hydrogens is 266 g/mol. The standard InChI is InChI=1S/C17H19NOS/c1-12-2-4-13(5-3-12)14-6-8-18-10-16(14)15-7-9-20-17(15)11-19/h6-13H,2-5H2,1H3. The van der Waals surface area contributed by atoms with Gasteiger partial charge in [-0.3, -0.25) is 9.78 Å². The van der Waals surface area contributed by atoms with E-state index in [1.54, 1.807) is 0 Å². The number of carbonyl (C=O) groups is 1. The summed E-state index contributed by atoms with van der Waals surface area (Å²) in [6.07, 6.45) is 9.86. The quantitative estimate of drug-likeness (QED) is 0.749. The van der Waals surface area contributed by atoms with Gasteiger partial charge in [0, 0.05) is 23.5 Å². The Labute approximate surface area is 123 Å². The first kappa shape index (κ1) is 13.5. The number of aldehydes is 1. The predicted molar refractivity (Wildman–Crippen MR) is 83.3 cm³/mol. The number of aromatic nitrogens is 1. The third-order valence-electron chi connectivity index (χ3n) is 4.40. The van der Waals surface area contributed by atoms with E-state index in [4.69, 9.17) is 0 Å². The molecule has 1 saturated carbocycles. The molecule has 3 rings (SSSR count). The van der Waals surface area contributed by atoms with Crippen LogP contribution in [0.15, 0.2) is 29.9 Å². The van der Waals surface area contributed by atoms with E-state index in [2.05, 4.69) is 18.0 Å². The smallest absolute Gasteiger partial charge is 0.160 e. The van der Waals surface area contributed by atoms with E-state index in [0.29, 0.717) is 5.92 Å². The average Bonchev–Trinajstić information content (AvgIpc) is 2.96. The number of nitrogens with zero attached hydrogens (tertiary/aromatic N) is 1. The zero-order chi connectivity index (χ0) is 13.9. The first-order chi connectivity index (χ1) is 9.79. The van der Waals surface area contributed by atoms with Gasteiger partial charge in [-0.2, -0.15) is 0 Å². The lowest BCUT2D eigenvalue weighted by Gasteiger charge is -2.27. The summed E-state index contributed by atoms with van der Waals surface area (Å²) in [5.41, 5.74) is 3.57. The lowest BCUT2D eigenvalue weighted by atomic mass is 9.78. The number of pyridine rings is 1. The van der Waals surface area contributed by atoms with E-state index in [0.717, 1.165) is 28.2 Å². The Morgan fingerprint density at radius 1 is 1.20 bits per heavy atom. The summed E-state index contributed by atoms with van der Waals surface area (Å²) in [5.74, 6) is 1.46. The van der Waals surface area contributed by atoms with Crippen LogP contribution in [-0.4, -0.2) is 11.3 Å². The Balaban J connectivity index is 1.98. The fraction of sp³-hybridized carbons (Fsp3) is 0.412. The van der Waals surface area contributed by atoms with Crippen molar-refractivity contribution in [2.45, 2.75) is 38.5 Å². The number of hydrogen-bond acceptors (Lipinski definition) is 3. The number of carbonyl (C=O) groups excluding carboxylic acids is 1. The molecule has 0 bridgehead atoms. The molecule has 2 heterocycles. The van der Waals surface area contributed by atoms with E-state index in [9.17, 15) is 4.79 Å². The van der Waals surface area contributed by atoms with Gasteiger partial charge in [-0.15, -0.1) is 11.3 Å². The van der Waals surface area contributed by atoms with Crippen molar-refractivity contribution in [2.24, 2.45) is 5.92 Å². The molecule has 0 spiro atoms. The molecule has 1 aliphatic rings. The molecule has 0 unspecified atom stereocenters. The van der Waals surface area contributed by atoms with Gasteiger partial charge in [-0.25, -0.2) is 0 Å². The second-order valence-corrected chi connectivity index (χ2v) is 6.68. The maximum atomic E-state index is 11.2. The minimum atomic E-state index is 0.614. The number of thiophene rings is 1. The van der Waals surface area contributed by atoms with Gasteiger partial charge in [0.05, 0.1) is 4.88 Å². The van der Waals surface area contributed by atoms with Crippen LogP contribution >= 0.6 is 11.3 Å². The fourth-order valence-corrected chi connectivity index (χ4v) is 3.90. The highest BCUT2D eigenvalue weighted by molar-refractivity contribution is 7.12. The van der Waals surface area contributed by atoms with Crippen LogP contribution in [-0.2, 0) is 0 Å². The van der Waals surface area contributed by atoms with Crippen molar-refractivity contribution in [1.82, 2.24) is 4.98 Å². The molecule has 2 aromatic heterocycles. The molecule has 3 heteroatoms. The largest absolute Gasteiger partial charge is 0.297 e. The highest BCUT2D eigenvalue weighted by Gasteiger charge is 2.23. The van der Waals surface area contributed by atoms with Crippen molar-refractivity contribution < 1.29 is 4.79 Å². The van der Waals surface area contributed by atoms with Crippen LogP contribution < -0.4 is 0 Å². The minimum absolute atomic E-state index is 0.614. The van der Waals surface area contributed by atoms with Gasteiger partial charge in [-0.1, -0.05) is 19.8 Å². The van der Waals surface area contributed by atoms with E-state index < -0.39 is 0 Å². The Hall–Kier alpha value is -1.48. The summed E-state index contributed by atoms with van der Waals surface area (Å²) >= 11 is 1.50. The zero-order valence-electron chi connectivity index (χ0n) is 11.7. The van der Waals surface area contributed by atoms with E-state index in [1.807, 2.05) is 23.8 Å². The molecule has 104 valence electrons. The molecule has 0 aliphatic heterocycles. The second kappa shape index (κ2) is 5.88. The summed E-state index contributed by atoms with van der Waals surface area (Å²) in [7, 11) is 0. The molecule has 0 N–H and O–H groups in total. The van der Waals surface area contributed by atoms with Gasteiger partial charge < -0.3 is 0 Å². The molecule has 2 nitrogen and oxygen atoms in total. The second-order valence-electron chi connectivity index (χ2n) is 5.74. The maximum Gasteiger partial charge on any atom is 0.160 e. The molecule has 20 heavy (non-hydrogen) atoms. The lowest BCUT2D eigenvalue weighted by Crippen LogP contribution is -2.11. The first-order valence-electron chi connectivity index (χ1n) is 7.26. The monoisotopic (exact) mass is 285 g/mol. The van der Waals surface area contributed by atoms with Gasteiger partial charge in [0.2, 0.25) is 0 Å². The molecule has 1 aliphatic carbocycles. The highest BCUT2D eigenvalue weighted by Crippen LogP contribution is 2.40. The number of hydrogen-bond donors (Lipinski definition) is 0. The molecule has 0 amide bonds. The van der Waals surface area contributed by atoms with E-state index in [-0.39, 0.29) is 0 Å². The third kappa shape index (κ3) is 2.55. The van der Waals surface area contributed by atoms with Crippen LogP contribution in [0.4, 0.5) is 0 Å². The summed E-state index contributed by atoms with van der Waals surface area (Å²) in [6.45, 7) is 2.34. The molecule has 0 radical (unpaired) electrons. The van der Waals surface area contributed by atoms with Crippen LogP contribution in [0.1, 0.15) is 53.8 Å². The van der Waals surface area contributed by atoms with Crippen LogP contribution in [0.2, 0.25) is 0 Å². The van der Waals surface area contributed by atoms with E-state index >= 15 is 0 Å². The van der Waals surface area contributed by atoms with Crippen molar-refractivity contribution in [3.05, 3.63) is 40.3 Å². The summed E-state index contributed by atoms with van der Waals surface area (Å²) < 4.78 is 0. The molecule has 1 fully saturated rings. The molecular formula is C17H19NOS. The maximum absolute atomic E-state index is 11.2. The highest BCUT2D eigenvalue weighted by atomic mass is 32.1. The first-order valence-corrected chi connectivity index (χ1v) is 8.14. The van der Waals surface area contributed by atoms with Gasteiger partial charge in [-0.05, 0) is 47.8 Å². The SMILES string of the molecule is CC1CCC(c2ccncc2-c2ccsc2C=O)CC1. The van der Waals surface area contributed by atoms with Gasteiger partial charge in [0.25, 0.3) is 0 Å². The molecule has 2 aromatic rings. The fourth-order valence-electron chi connectivity index (χ4n) is 3.19. The minimum Gasteiger partial charge on any atom is -0.297 e. The van der Waals surface area contributed by atoms with E-state index in [1.165, 1.54) is 42.6 Å². The topological polar surface area (TPSA) is 30.0 Å². The van der Waals surface area contributed by atoms with Gasteiger partial charge >= 0.3 is 0 Å². The molecule has 0 saturated heterocycles. The third-order valence-corrected chi connectivity index (χ3v) is 5.25. The van der Waals surface area contributed by atoms with Crippen molar-refractivity contribution in [2.75, 3.05) is 0 Å². The lowest BCUT2D eigenvalue weighted by molar-refractivity contribution is 0.112. The molecule has 0 aromatic carbocycles. The van der Waals surface area contributed by atoms with Crippen LogP contribution in [0.25, 0.3) is 11.1 Å². The van der Waals surface area contributed by atoms with Crippen molar-refractivity contribution in [3.63, 3.8) is 0 Å². The van der Waals surface area contributed by atoms with Crippen molar-refractivity contribution in [1.29, 1.82) is 0 Å². The summed E-state index contributed by atoms with van der Waals surface area (Å²) in [4.78, 5) is 16.3. The Morgan fingerprint density at radius 3 is 2.75 bits per heavy atom. The number of rotatable bonds is 3. The summed E-state index contributed by atoms with van der Waals surface area (Å²) in [5, 5.41) is 1.98. The van der Waals surface area contributed by atoms with Crippen molar-refractivity contribution in [3.8, 4) is 11.1 Å². The zero-order valence-corrected chi connectivity index (χ0v) is 12.5. The van der Waals surface area contributed by atoms with Gasteiger partial charge in [0.1, 0.15) is 0 Å². The Morgan fingerprint density at radius 2 is 2.00 bits per heavy atom. The van der Waals surface area contributed by atoms with Gasteiger partial charge in [0.15, 0.2) is 6.29 Å². The Bertz CT molecular complexity index is 597. The van der Waals surface area contributed by atoms with Crippen molar-refractivity contribution >= 4 is 17.6 Å². The Kier molecular flexibility index (Phi) is 3.97. The summed E-state index contributed by atoms with van der Waals surface area (Å²) in [6, 6.07) is 4.18.